The highest BCUT2D eigenvalue weighted by molar-refractivity contribution is 8.23. The van der Waals surface area contributed by atoms with Crippen molar-refractivity contribution in [1.82, 2.24) is 4.90 Å². The van der Waals surface area contributed by atoms with Crippen LogP contribution in [0.5, 0.6) is 0 Å². The van der Waals surface area contributed by atoms with E-state index in [1.807, 2.05) is 59.7 Å². The van der Waals surface area contributed by atoms with Gasteiger partial charge < -0.3 is 0 Å². The Morgan fingerprint density at radius 1 is 1.21 bits per heavy atom. The Morgan fingerprint density at radius 2 is 1.93 bits per heavy atom. The lowest BCUT2D eigenvalue weighted by Gasteiger charge is -2.29. The van der Waals surface area contributed by atoms with Gasteiger partial charge >= 0.3 is 0 Å². The van der Waals surface area contributed by atoms with Gasteiger partial charge in [-0.05, 0) is 36.2 Å². The molecule has 2 aliphatic rings. The first-order valence-corrected chi connectivity index (χ1v) is 11.1. The number of carbonyl (C=O) groups excluding carboxylic acids is 1. The fourth-order valence-electron chi connectivity index (χ4n) is 3.82. The zero-order valence-corrected chi connectivity index (χ0v) is 17.8. The number of nitrogens with zero attached hydrogens (tertiary/aromatic N) is 2. The largest absolute Gasteiger partial charge is 0.297 e. The van der Waals surface area contributed by atoms with Crippen molar-refractivity contribution >= 4 is 51.5 Å². The number of benzene rings is 2. The van der Waals surface area contributed by atoms with Crippen LogP contribution in [0.2, 0.25) is 5.02 Å². The molecule has 3 atom stereocenters. The van der Waals surface area contributed by atoms with Crippen LogP contribution in [-0.4, -0.2) is 33.5 Å². The molecule has 2 aliphatic heterocycles. The van der Waals surface area contributed by atoms with Crippen LogP contribution in [0.4, 0.5) is 5.69 Å². The van der Waals surface area contributed by atoms with E-state index in [9.17, 15) is 4.79 Å². The molecular formula is C21H21ClN2O2S2. The van der Waals surface area contributed by atoms with E-state index in [1.165, 1.54) is 0 Å². The highest BCUT2D eigenvalue weighted by Gasteiger charge is 2.50. The van der Waals surface area contributed by atoms with E-state index in [-0.39, 0.29) is 24.0 Å². The molecule has 2 aromatic carbocycles. The molecule has 28 heavy (non-hydrogen) atoms. The number of thioether (sulfide) groups is 1. The minimum absolute atomic E-state index is 0.0419. The maximum absolute atomic E-state index is 13.5. The normalized spacial score (nSPS) is 24.8. The van der Waals surface area contributed by atoms with E-state index in [2.05, 4.69) is 6.92 Å². The highest BCUT2D eigenvalue weighted by atomic mass is 35.5. The Hall–Kier alpha value is -1.60. The third-order valence-electron chi connectivity index (χ3n) is 5.18. The van der Waals surface area contributed by atoms with Gasteiger partial charge in [0.1, 0.15) is 4.32 Å². The number of halogens is 1. The van der Waals surface area contributed by atoms with Crippen LogP contribution in [0, 0.1) is 5.92 Å². The fourth-order valence-corrected chi connectivity index (χ4v) is 5.16. The third-order valence-corrected chi connectivity index (χ3v) is 6.86. The average molecular weight is 433 g/mol. The Balaban J connectivity index is 1.77. The van der Waals surface area contributed by atoms with Crippen LogP contribution in [0.15, 0.2) is 54.6 Å². The summed E-state index contributed by atoms with van der Waals surface area (Å²) in [5, 5.41) is 2.55. The molecule has 0 bridgehead atoms. The first kappa shape index (κ1) is 19.7. The van der Waals surface area contributed by atoms with Gasteiger partial charge in [-0.2, -0.15) is 0 Å². The molecule has 4 nitrogen and oxygen atoms in total. The van der Waals surface area contributed by atoms with Gasteiger partial charge in [-0.25, -0.2) is 5.06 Å². The van der Waals surface area contributed by atoms with Gasteiger partial charge in [-0.3, -0.25) is 14.5 Å². The minimum Gasteiger partial charge on any atom is -0.297 e. The number of hydroxylamine groups is 1. The second kappa shape index (κ2) is 8.41. The predicted molar refractivity (Wildman–Crippen MR) is 119 cm³/mol. The second-order valence-corrected chi connectivity index (χ2v) is 9.01. The molecule has 146 valence electrons. The lowest BCUT2D eigenvalue weighted by Crippen LogP contribution is -2.41. The smallest absolute Gasteiger partial charge is 0.236 e. The monoisotopic (exact) mass is 432 g/mol. The molecule has 0 spiro atoms. The molecule has 2 heterocycles. The Labute approximate surface area is 179 Å². The first-order chi connectivity index (χ1) is 13.6. The molecule has 2 fully saturated rings. The number of carbonyl (C=O) groups is 1. The average Bonchev–Trinajstić information content (AvgIpc) is 3.32. The van der Waals surface area contributed by atoms with E-state index >= 15 is 0 Å². The van der Waals surface area contributed by atoms with Crippen LogP contribution in [0.3, 0.4) is 0 Å². The number of anilines is 1. The molecule has 0 radical (unpaired) electrons. The standard InChI is InChI=1S/C21H21ClN2O2S2/c1-2-17-18(20(25)23-12-13-28-21(23)27)19(14-8-10-15(22)11-9-14)24(26-17)16-6-4-3-5-7-16/h3-11,17-19H,2,12-13H2,1H3/t17-,18-,19+/m0/s1. The summed E-state index contributed by atoms with van der Waals surface area (Å²) in [5.41, 5.74) is 1.93. The van der Waals surface area contributed by atoms with Crippen LogP contribution < -0.4 is 5.06 Å². The number of rotatable bonds is 4. The van der Waals surface area contributed by atoms with Crippen molar-refractivity contribution in [1.29, 1.82) is 0 Å². The second-order valence-electron chi connectivity index (χ2n) is 6.84. The lowest BCUT2D eigenvalue weighted by molar-refractivity contribution is -0.133. The van der Waals surface area contributed by atoms with E-state index in [0.29, 0.717) is 15.9 Å². The van der Waals surface area contributed by atoms with Crippen molar-refractivity contribution in [3.05, 3.63) is 65.2 Å². The van der Waals surface area contributed by atoms with Crippen molar-refractivity contribution < 1.29 is 9.63 Å². The van der Waals surface area contributed by atoms with Gasteiger partial charge in [0.15, 0.2) is 0 Å². The molecule has 7 heteroatoms. The molecule has 2 saturated heterocycles. The molecule has 0 aliphatic carbocycles. The SMILES string of the molecule is CC[C@@H]1ON(c2ccccc2)[C@H](c2ccc(Cl)cc2)[C@H]1C(=O)N1CCSC1=S. The van der Waals surface area contributed by atoms with Crippen molar-refractivity contribution in [2.45, 2.75) is 25.5 Å². The topological polar surface area (TPSA) is 32.8 Å². The number of thiocarbonyl (C=S) groups is 1. The summed E-state index contributed by atoms with van der Waals surface area (Å²) in [7, 11) is 0. The Kier molecular flexibility index (Phi) is 5.92. The van der Waals surface area contributed by atoms with E-state index in [0.717, 1.165) is 23.4 Å². The van der Waals surface area contributed by atoms with Crippen LogP contribution in [0.25, 0.3) is 0 Å². The Morgan fingerprint density at radius 3 is 2.54 bits per heavy atom. The molecule has 1 amide bonds. The van der Waals surface area contributed by atoms with Gasteiger partial charge in [0, 0.05) is 17.3 Å². The summed E-state index contributed by atoms with van der Waals surface area (Å²) in [4.78, 5) is 21.6. The summed E-state index contributed by atoms with van der Waals surface area (Å²) in [6, 6.07) is 17.3. The molecule has 4 rings (SSSR count). The minimum atomic E-state index is -0.344. The summed E-state index contributed by atoms with van der Waals surface area (Å²) < 4.78 is 0.660. The zero-order chi connectivity index (χ0) is 19.7. The zero-order valence-electron chi connectivity index (χ0n) is 15.5. The van der Waals surface area contributed by atoms with Crippen molar-refractivity contribution in [3.8, 4) is 0 Å². The summed E-state index contributed by atoms with van der Waals surface area (Å²) in [6.45, 7) is 2.71. The van der Waals surface area contributed by atoms with Crippen LogP contribution in [-0.2, 0) is 9.63 Å². The number of hydrogen-bond donors (Lipinski definition) is 0. The third kappa shape index (κ3) is 3.66. The van der Waals surface area contributed by atoms with Crippen LogP contribution in [0.1, 0.15) is 24.9 Å². The fraction of sp³-hybridized carbons (Fsp3) is 0.333. The quantitative estimate of drug-likeness (QED) is 0.628. The van der Waals surface area contributed by atoms with Crippen molar-refractivity contribution in [2.75, 3.05) is 17.4 Å². The van der Waals surface area contributed by atoms with Gasteiger partial charge in [0.05, 0.1) is 23.8 Å². The number of amides is 1. The number of para-hydroxylation sites is 1. The van der Waals surface area contributed by atoms with Crippen molar-refractivity contribution in [2.24, 2.45) is 5.92 Å². The van der Waals surface area contributed by atoms with Crippen molar-refractivity contribution in [3.63, 3.8) is 0 Å². The van der Waals surface area contributed by atoms with E-state index in [4.69, 9.17) is 28.7 Å². The summed E-state index contributed by atoms with van der Waals surface area (Å²) in [6.07, 6.45) is 0.513. The predicted octanol–water partition coefficient (Wildman–Crippen LogP) is 5.09. The molecule has 2 aromatic rings. The van der Waals surface area contributed by atoms with Gasteiger partial charge in [-0.15, -0.1) is 0 Å². The van der Waals surface area contributed by atoms with Gasteiger partial charge in [0.2, 0.25) is 5.91 Å². The molecule has 0 N–H and O–H groups in total. The van der Waals surface area contributed by atoms with E-state index in [1.54, 1.807) is 16.7 Å². The van der Waals surface area contributed by atoms with Gasteiger partial charge in [-0.1, -0.05) is 72.8 Å². The molecule has 0 aromatic heterocycles. The molecule has 0 unspecified atom stereocenters. The number of hydrogen-bond acceptors (Lipinski definition) is 5. The highest BCUT2D eigenvalue weighted by Crippen LogP contribution is 2.45. The maximum Gasteiger partial charge on any atom is 0.236 e. The first-order valence-electron chi connectivity index (χ1n) is 9.34. The maximum atomic E-state index is 13.5. The Bertz CT molecular complexity index is 862. The summed E-state index contributed by atoms with van der Waals surface area (Å²) in [5.74, 6) is 0.548. The summed E-state index contributed by atoms with van der Waals surface area (Å²) >= 11 is 13.1. The lowest BCUT2D eigenvalue weighted by atomic mass is 9.87. The van der Waals surface area contributed by atoms with Crippen LogP contribution >= 0.6 is 35.6 Å². The molecule has 0 saturated carbocycles. The molecular weight excluding hydrogens is 412 g/mol. The van der Waals surface area contributed by atoms with E-state index < -0.39 is 0 Å². The van der Waals surface area contributed by atoms with Gasteiger partial charge in [0.25, 0.3) is 0 Å².